The Morgan fingerprint density at radius 2 is 2.11 bits per heavy atom. The van der Waals surface area contributed by atoms with Gasteiger partial charge in [0.05, 0.1) is 10.0 Å². The molecule has 106 valence electrons. The third-order valence-electron chi connectivity index (χ3n) is 3.31. The van der Waals surface area contributed by atoms with Crippen LogP contribution in [0.15, 0.2) is 18.2 Å². The molecule has 0 radical (unpaired) electrons. The summed E-state index contributed by atoms with van der Waals surface area (Å²) in [7, 11) is 0. The van der Waals surface area contributed by atoms with E-state index in [1.165, 1.54) is 0 Å². The normalized spacial score (nSPS) is 18.9. The predicted molar refractivity (Wildman–Crippen MR) is 81.4 cm³/mol. The monoisotopic (exact) mass is 322 g/mol. The Hall–Kier alpha value is -0.480. The van der Waals surface area contributed by atoms with Gasteiger partial charge < -0.3 is 10.6 Å². The number of nitrogens with two attached hydrogens (primary N) is 1. The van der Waals surface area contributed by atoms with Crippen LogP contribution in [0.4, 0.5) is 0 Å². The summed E-state index contributed by atoms with van der Waals surface area (Å²) in [5.74, 6) is 0.414. The number of carbonyl (C=O) groups is 1. The first kappa shape index (κ1) is 16.6. The molecule has 2 rings (SSSR count). The lowest BCUT2D eigenvalue weighted by Gasteiger charge is -2.32. The highest BCUT2D eigenvalue weighted by molar-refractivity contribution is 6.42. The fourth-order valence-electron chi connectivity index (χ4n) is 2.25. The van der Waals surface area contributed by atoms with Crippen molar-refractivity contribution in [3.63, 3.8) is 0 Å². The summed E-state index contributed by atoms with van der Waals surface area (Å²) in [5, 5.41) is 0.876. The molecule has 1 aromatic carbocycles. The third-order valence-corrected chi connectivity index (χ3v) is 4.05. The van der Waals surface area contributed by atoms with Gasteiger partial charge in [0.25, 0.3) is 5.91 Å². The van der Waals surface area contributed by atoms with Crippen LogP contribution in [-0.2, 0) is 0 Å². The standard InChI is InChI=1S/C13H16Cl2N2O.ClH/c14-11-4-3-10(6-12(11)15)13(18)17-5-1-2-9(7-16)8-17;/h3-4,6,9H,1-2,5,7-8,16H2;1H. The molecule has 0 aromatic heterocycles. The third kappa shape index (κ3) is 3.99. The summed E-state index contributed by atoms with van der Waals surface area (Å²) in [4.78, 5) is 14.2. The van der Waals surface area contributed by atoms with E-state index >= 15 is 0 Å². The summed E-state index contributed by atoms with van der Waals surface area (Å²) in [6.45, 7) is 2.15. The number of rotatable bonds is 2. The molecule has 2 N–H and O–H groups in total. The Morgan fingerprint density at radius 3 is 2.74 bits per heavy atom. The molecule has 3 nitrogen and oxygen atoms in total. The molecule has 0 spiro atoms. The first-order valence-electron chi connectivity index (χ1n) is 6.06. The van der Waals surface area contributed by atoms with Crippen LogP contribution < -0.4 is 5.73 Å². The van der Waals surface area contributed by atoms with Gasteiger partial charge in [-0.3, -0.25) is 4.79 Å². The number of hydrogen-bond donors (Lipinski definition) is 1. The highest BCUT2D eigenvalue weighted by atomic mass is 35.5. The van der Waals surface area contributed by atoms with E-state index in [4.69, 9.17) is 28.9 Å². The molecule has 1 aliphatic rings. The lowest BCUT2D eigenvalue weighted by molar-refractivity contribution is 0.0678. The molecular formula is C13H17Cl3N2O. The van der Waals surface area contributed by atoms with Crippen molar-refractivity contribution in [3.8, 4) is 0 Å². The van der Waals surface area contributed by atoms with Gasteiger partial charge in [-0.2, -0.15) is 0 Å². The molecule has 1 saturated heterocycles. The quantitative estimate of drug-likeness (QED) is 0.908. The first-order chi connectivity index (χ1) is 8.61. The molecule has 0 bridgehead atoms. The predicted octanol–water partition coefficient (Wildman–Crippen LogP) is 3.23. The number of piperidine rings is 1. The molecule has 1 fully saturated rings. The summed E-state index contributed by atoms with van der Waals surface area (Å²) < 4.78 is 0. The van der Waals surface area contributed by atoms with Gasteiger partial charge in [-0.15, -0.1) is 12.4 Å². The van der Waals surface area contributed by atoms with Gasteiger partial charge in [-0.05, 0) is 43.5 Å². The number of benzene rings is 1. The maximum atomic E-state index is 12.3. The Labute approximate surface area is 129 Å². The fraction of sp³-hybridized carbons (Fsp3) is 0.462. The first-order valence-corrected chi connectivity index (χ1v) is 6.82. The van der Waals surface area contributed by atoms with Crippen molar-refractivity contribution in [2.24, 2.45) is 11.7 Å². The lowest BCUT2D eigenvalue weighted by atomic mass is 9.97. The summed E-state index contributed by atoms with van der Waals surface area (Å²) in [6.07, 6.45) is 2.11. The highest BCUT2D eigenvalue weighted by Crippen LogP contribution is 2.24. The van der Waals surface area contributed by atoms with Gasteiger partial charge in [0.2, 0.25) is 0 Å². The van der Waals surface area contributed by atoms with Crippen molar-refractivity contribution in [3.05, 3.63) is 33.8 Å². The second kappa shape index (κ2) is 7.34. The van der Waals surface area contributed by atoms with Gasteiger partial charge in [-0.25, -0.2) is 0 Å². The SMILES string of the molecule is Cl.NCC1CCCN(C(=O)c2ccc(Cl)c(Cl)c2)C1. The minimum atomic E-state index is 0. The number of carbonyl (C=O) groups excluding carboxylic acids is 1. The zero-order chi connectivity index (χ0) is 13.1. The van der Waals surface area contributed by atoms with E-state index in [-0.39, 0.29) is 18.3 Å². The van der Waals surface area contributed by atoms with Crippen LogP contribution in [0.25, 0.3) is 0 Å². The molecule has 19 heavy (non-hydrogen) atoms. The molecule has 1 amide bonds. The summed E-state index contributed by atoms with van der Waals surface area (Å²) >= 11 is 11.8. The molecule has 1 atom stereocenters. The Morgan fingerprint density at radius 1 is 1.37 bits per heavy atom. The topological polar surface area (TPSA) is 46.3 Å². The maximum Gasteiger partial charge on any atom is 0.253 e. The van der Waals surface area contributed by atoms with Crippen molar-refractivity contribution < 1.29 is 4.79 Å². The fourth-order valence-corrected chi connectivity index (χ4v) is 2.55. The number of nitrogens with zero attached hydrogens (tertiary/aromatic N) is 1. The van der Waals surface area contributed by atoms with Crippen LogP contribution in [0.3, 0.4) is 0 Å². The van der Waals surface area contributed by atoms with Crippen LogP contribution in [0.5, 0.6) is 0 Å². The molecule has 1 aliphatic heterocycles. The molecule has 1 heterocycles. The van der Waals surface area contributed by atoms with Crippen molar-refractivity contribution >= 4 is 41.5 Å². The summed E-state index contributed by atoms with van der Waals surface area (Å²) in [5.41, 5.74) is 6.26. The van der Waals surface area contributed by atoms with Gasteiger partial charge in [0.1, 0.15) is 0 Å². The van der Waals surface area contributed by atoms with Crippen LogP contribution in [0.2, 0.25) is 10.0 Å². The zero-order valence-corrected chi connectivity index (χ0v) is 12.8. The minimum Gasteiger partial charge on any atom is -0.338 e. The lowest BCUT2D eigenvalue weighted by Crippen LogP contribution is -2.42. The number of likely N-dealkylation sites (tertiary alicyclic amines) is 1. The van der Waals surface area contributed by atoms with Crippen LogP contribution >= 0.6 is 35.6 Å². The van der Waals surface area contributed by atoms with E-state index in [0.29, 0.717) is 28.1 Å². The van der Waals surface area contributed by atoms with Crippen LogP contribution in [0, 0.1) is 5.92 Å². The average molecular weight is 324 g/mol. The van der Waals surface area contributed by atoms with Gasteiger partial charge >= 0.3 is 0 Å². The van der Waals surface area contributed by atoms with Gasteiger partial charge in [-0.1, -0.05) is 23.2 Å². The van der Waals surface area contributed by atoms with E-state index in [1.54, 1.807) is 18.2 Å². The molecule has 1 aromatic rings. The van der Waals surface area contributed by atoms with E-state index < -0.39 is 0 Å². The number of halogens is 3. The van der Waals surface area contributed by atoms with E-state index in [1.807, 2.05) is 4.90 Å². The van der Waals surface area contributed by atoms with E-state index in [9.17, 15) is 4.79 Å². The molecular weight excluding hydrogens is 307 g/mol. The van der Waals surface area contributed by atoms with E-state index in [0.717, 1.165) is 25.9 Å². The van der Waals surface area contributed by atoms with Crippen LogP contribution in [-0.4, -0.2) is 30.4 Å². The largest absolute Gasteiger partial charge is 0.338 e. The number of amides is 1. The smallest absolute Gasteiger partial charge is 0.253 e. The Bertz CT molecular complexity index is 454. The molecule has 6 heteroatoms. The van der Waals surface area contributed by atoms with E-state index in [2.05, 4.69) is 0 Å². The molecule has 1 unspecified atom stereocenters. The van der Waals surface area contributed by atoms with Crippen LogP contribution in [0.1, 0.15) is 23.2 Å². The zero-order valence-electron chi connectivity index (χ0n) is 10.4. The van der Waals surface area contributed by atoms with Crippen molar-refractivity contribution in [1.82, 2.24) is 4.90 Å². The Balaban J connectivity index is 0.00000180. The van der Waals surface area contributed by atoms with Gasteiger partial charge in [0, 0.05) is 18.7 Å². The summed E-state index contributed by atoms with van der Waals surface area (Å²) in [6, 6.07) is 4.99. The van der Waals surface area contributed by atoms with Crippen molar-refractivity contribution in [2.75, 3.05) is 19.6 Å². The van der Waals surface area contributed by atoms with Crippen molar-refractivity contribution in [1.29, 1.82) is 0 Å². The second-order valence-electron chi connectivity index (χ2n) is 4.62. The van der Waals surface area contributed by atoms with Crippen molar-refractivity contribution in [2.45, 2.75) is 12.8 Å². The molecule has 0 aliphatic carbocycles. The second-order valence-corrected chi connectivity index (χ2v) is 5.44. The Kier molecular flexibility index (Phi) is 6.40. The van der Waals surface area contributed by atoms with Gasteiger partial charge in [0.15, 0.2) is 0 Å². The maximum absolute atomic E-state index is 12.3. The minimum absolute atomic E-state index is 0. The average Bonchev–Trinajstić information content (AvgIpc) is 2.41. The highest BCUT2D eigenvalue weighted by Gasteiger charge is 2.23. The number of hydrogen-bond acceptors (Lipinski definition) is 2. The molecule has 0 saturated carbocycles.